The molecule has 4 aromatic rings. The summed E-state index contributed by atoms with van der Waals surface area (Å²) in [5.41, 5.74) is 14.6. The van der Waals surface area contributed by atoms with Gasteiger partial charge in [0.1, 0.15) is 0 Å². The molecular formula is C38H32. The van der Waals surface area contributed by atoms with Gasteiger partial charge in [0.05, 0.1) is 0 Å². The molecule has 4 aliphatic rings. The van der Waals surface area contributed by atoms with E-state index in [2.05, 4.69) is 134 Å². The number of hydrogen-bond donors (Lipinski definition) is 0. The molecule has 4 aliphatic carbocycles. The second-order valence-corrected chi connectivity index (χ2v) is 10.8. The molecule has 0 atom stereocenters. The van der Waals surface area contributed by atoms with Crippen LogP contribution in [-0.2, 0) is 25.7 Å². The lowest BCUT2D eigenvalue weighted by molar-refractivity contribution is 0.814. The fourth-order valence-electron chi connectivity index (χ4n) is 6.65. The zero-order valence-corrected chi connectivity index (χ0v) is 21.7. The molecule has 0 unspecified atom stereocenters. The zero-order chi connectivity index (χ0) is 25.3. The molecule has 0 radical (unpaired) electrons. The minimum atomic E-state index is 0.475. The average Bonchev–Trinajstić information content (AvgIpc) is 3.77. The standard InChI is InChI=1S/C23H18.C15H14/c1-3-12-21-19(10-1)20-11-2-4-13-22(20)23(21)15-17-9-5-7-16-8-6-14-18(16)17;1-2-6-12(5-1)11-14-9-3-7-13-8-4-10-15(13)14/h1-7,9-14,23H,8,15H2;1-7,9-10,12H,8,11H2. The number of benzene rings is 4. The van der Waals surface area contributed by atoms with E-state index in [4.69, 9.17) is 0 Å². The Labute approximate surface area is 226 Å². The maximum absolute atomic E-state index is 2.30. The van der Waals surface area contributed by atoms with Crippen molar-refractivity contribution in [3.63, 3.8) is 0 Å². The predicted molar refractivity (Wildman–Crippen MR) is 161 cm³/mol. The molecule has 0 nitrogen and oxygen atoms in total. The van der Waals surface area contributed by atoms with Gasteiger partial charge in [0, 0.05) is 5.92 Å². The van der Waals surface area contributed by atoms with Gasteiger partial charge in [0.2, 0.25) is 0 Å². The van der Waals surface area contributed by atoms with Gasteiger partial charge in [-0.2, -0.15) is 0 Å². The van der Waals surface area contributed by atoms with Crippen LogP contribution in [0.3, 0.4) is 0 Å². The molecule has 0 saturated carbocycles. The predicted octanol–water partition coefficient (Wildman–Crippen LogP) is 9.15. The number of fused-ring (bicyclic) bond motifs is 5. The van der Waals surface area contributed by atoms with E-state index in [9.17, 15) is 0 Å². The van der Waals surface area contributed by atoms with Crippen LogP contribution < -0.4 is 0 Å². The molecule has 0 aromatic heterocycles. The topological polar surface area (TPSA) is 0 Å². The third-order valence-electron chi connectivity index (χ3n) is 8.49. The fourth-order valence-corrected chi connectivity index (χ4v) is 6.65. The molecule has 0 amide bonds. The zero-order valence-electron chi connectivity index (χ0n) is 21.7. The SMILES string of the molecule is C1=CC(Cc2cccc3c2C=CC3)C=C1.C1=Cc2c(cccc2CC2c3ccccc3-c3ccccc32)C1. The van der Waals surface area contributed by atoms with Gasteiger partial charge in [-0.3, -0.25) is 0 Å². The summed E-state index contributed by atoms with van der Waals surface area (Å²) in [6, 6.07) is 31.3. The van der Waals surface area contributed by atoms with Gasteiger partial charge in [0.25, 0.3) is 0 Å². The molecule has 8 rings (SSSR count). The first kappa shape index (κ1) is 23.0. The largest absolute Gasteiger partial charge is 0.0795 e. The van der Waals surface area contributed by atoms with Crippen molar-refractivity contribution in [1.82, 2.24) is 0 Å². The summed E-state index contributed by atoms with van der Waals surface area (Å²) in [6.07, 6.45) is 22.4. The summed E-state index contributed by atoms with van der Waals surface area (Å²) < 4.78 is 0. The molecule has 0 spiro atoms. The highest BCUT2D eigenvalue weighted by Crippen LogP contribution is 2.46. The van der Waals surface area contributed by atoms with Crippen molar-refractivity contribution in [2.24, 2.45) is 5.92 Å². The molecule has 0 fully saturated rings. The van der Waals surface area contributed by atoms with Gasteiger partial charge >= 0.3 is 0 Å². The second-order valence-electron chi connectivity index (χ2n) is 10.8. The number of allylic oxidation sites excluding steroid dienone is 6. The van der Waals surface area contributed by atoms with Crippen LogP contribution in [0.4, 0.5) is 0 Å². The van der Waals surface area contributed by atoms with Crippen LogP contribution in [0.15, 0.2) is 121 Å². The Morgan fingerprint density at radius 3 is 1.63 bits per heavy atom. The van der Waals surface area contributed by atoms with Crippen LogP contribution in [0.2, 0.25) is 0 Å². The average molecular weight is 489 g/mol. The van der Waals surface area contributed by atoms with Gasteiger partial charge in [0.15, 0.2) is 0 Å². The van der Waals surface area contributed by atoms with Gasteiger partial charge in [-0.15, -0.1) is 0 Å². The van der Waals surface area contributed by atoms with Crippen molar-refractivity contribution in [3.8, 4) is 11.1 Å². The molecule has 0 aliphatic heterocycles. The summed E-state index contributed by atoms with van der Waals surface area (Å²) >= 11 is 0. The van der Waals surface area contributed by atoms with Crippen LogP contribution in [0.5, 0.6) is 0 Å². The quantitative estimate of drug-likeness (QED) is 0.269. The maximum atomic E-state index is 2.30. The van der Waals surface area contributed by atoms with Crippen molar-refractivity contribution >= 4 is 12.2 Å². The molecule has 38 heavy (non-hydrogen) atoms. The Bertz CT molecular complexity index is 1570. The fraction of sp³-hybridized carbons (Fsp3) is 0.158. The van der Waals surface area contributed by atoms with Gasteiger partial charge in [-0.1, -0.05) is 134 Å². The van der Waals surface area contributed by atoms with Gasteiger partial charge in [-0.25, -0.2) is 0 Å². The van der Waals surface area contributed by atoms with Crippen molar-refractivity contribution < 1.29 is 0 Å². The summed E-state index contributed by atoms with van der Waals surface area (Å²) in [5, 5.41) is 0. The highest BCUT2D eigenvalue weighted by Gasteiger charge is 2.28. The van der Waals surface area contributed by atoms with Crippen molar-refractivity contribution in [1.29, 1.82) is 0 Å². The first-order valence-corrected chi connectivity index (χ1v) is 13.9. The molecule has 184 valence electrons. The number of rotatable bonds is 4. The molecule has 0 bridgehead atoms. The Hall–Kier alpha value is -4.16. The van der Waals surface area contributed by atoms with Gasteiger partial charge < -0.3 is 0 Å². The van der Waals surface area contributed by atoms with Crippen LogP contribution in [0.1, 0.15) is 50.4 Å². The lowest BCUT2D eigenvalue weighted by Gasteiger charge is -2.16. The van der Waals surface area contributed by atoms with E-state index >= 15 is 0 Å². The summed E-state index contributed by atoms with van der Waals surface area (Å²) in [6.45, 7) is 0. The summed E-state index contributed by atoms with van der Waals surface area (Å²) in [7, 11) is 0. The molecule has 4 aromatic carbocycles. The van der Waals surface area contributed by atoms with E-state index in [-0.39, 0.29) is 0 Å². The van der Waals surface area contributed by atoms with E-state index in [1.165, 1.54) is 55.6 Å². The van der Waals surface area contributed by atoms with E-state index in [1.54, 1.807) is 0 Å². The maximum Gasteiger partial charge on any atom is 0.0142 e. The van der Waals surface area contributed by atoms with E-state index in [1.807, 2.05) is 0 Å². The lowest BCUT2D eigenvalue weighted by atomic mass is 9.88. The van der Waals surface area contributed by atoms with Crippen LogP contribution in [0.25, 0.3) is 23.3 Å². The van der Waals surface area contributed by atoms with Crippen LogP contribution in [-0.4, -0.2) is 0 Å². The molecular weight excluding hydrogens is 456 g/mol. The Morgan fingerprint density at radius 2 is 1.05 bits per heavy atom. The smallest absolute Gasteiger partial charge is 0.0142 e. The number of hydrogen-bond acceptors (Lipinski definition) is 0. The van der Waals surface area contributed by atoms with E-state index in [0.717, 1.165) is 25.7 Å². The van der Waals surface area contributed by atoms with Crippen molar-refractivity contribution in [3.05, 3.63) is 166 Å². The first-order chi connectivity index (χ1) is 18.8. The van der Waals surface area contributed by atoms with Gasteiger partial charge in [-0.05, 0) is 87.2 Å². The second kappa shape index (κ2) is 9.95. The monoisotopic (exact) mass is 488 g/mol. The molecule has 0 saturated heterocycles. The third-order valence-corrected chi connectivity index (χ3v) is 8.49. The van der Waals surface area contributed by atoms with Crippen LogP contribution >= 0.6 is 0 Å². The van der Waals surface area contributed by atoms with E-state index in [0.29, 0.717) is 11.8 Å². The molecule has 0 heteroatoms. The van der Waals surface area contributed by atoms with Crippen LogP contribution in [0, 0.1) is 5.92 Å². The van der Waals surface area contributed by atoms with Crippen molar-refractivity contribution in [2.45, 2.75) is 31.6 Å². The lowest BCUT2D eigenvalue weighted by Crippen LogP contribution is -2.03. The third kappa shape index (κ3) is 4.21. The Balaban J connectivity index is 0.000000140. The Kier molecular flexibility index (Phi) is 6.02. The minimum Gasteiger partial charge on any atom is -0.0795 e. The minimum absolute atomic E-state index is 0.475. The highest BCUT2D eigenvalue weighted by atomic mass is 14.3. The molecule has 0 heterocycles. The normalized spacial score (nSPS) is 15.8. The first-order valence-electron chi connectivity index (χ1n) is 13.9. The highest BCUT2D eigenvalue weighted by molar-refractivity contribution is 5.79. The molecule has 0 N–H and O–H groups in total. The summed E-state index contributed by atoms with van der Waals surface area (Å²) in [4.78, 5) is 0. The summed E-state index contributed by atoms with van der Waals surface area (Å²) in [5.74, 6) is 1.08. The van der Waals surface area contributed by atoms with E-state index < -0.39 is 0 Å². The Morgan fingerprint density at radius 1 is 0.526 bits per heavy atom. The van der Waals surface area contributed by atoms with Crippen molar-refractivity contribution in [2.75, 3.05) is 0 Å².